The molecule has 4 nitrogen and oxygen atoms in total. The number of hydrogen-bond donors (Lipinski definition) is 1. The van der Waals surface area contributed by atoms with Gasteiger partial charge in [-0.1, -0.05) is 44.2 Å². The molecule has 0 saturated heterocycles. The fourth-order valence-electron chi connectivity index (χ4n) is 2.23. The highest BCUT2D eigenvalue weighted by molar-refractivity contribution is 7.89. The minimum atomic E-state index is -3.54. The van der Waals surface area contributed by atoms with Crippen LogP contribution in [0.2, 0.25) is 0 Å². The Balaban J connectivity index is 2.13. The van der Waals surface area contributed by atoms with E-state index in [-0.39, 0.29) is 11.4 Å². The van der Waals surface area contributed by atoms with Gasteiger partial charge < -0.3 is 4.74 Å². The number of ether oxygens (including phenoxy) is 1. The molecule has 0 heterocycles. The number of benzene rings is 2. The molecule has 2 aromatic rings. The molecule has 124 valence electrons. The van der Waals surface area contributed by atoms with E-state index in [1.165, 1.54) is 0 Å². The monoisotopic (exact) mass is 333 g/mol. The highest BCUT2D eigenvalue weighted by Crippen LogP contribution is 2.20. The van der Waals surface area contributed by atoms with Crippen molar-refractivity contribution in [3.8, 4) is 5.75 Å². The van der Waals surface area contributed by atoms with Crippen LogP contribution in [0.5, 0.6) is 5.75 Å². The molecule has 5 heteroatoms. The van der Waals surface area contributed by atoms with Crippen LogP contribution in [0.1, 0.15) is 37.8 Å². The van der Waals surface area contributed by atoms with Crippen LogP contribution < -0.4 is 9.46 Å². The molecule has 0 unspecified atom stereocenters. The van der Waals surface area contributed by atoms with Crippen molar-refractivity contribution in [1.29, 1.82) is 0 Å². The van der Waals surface area contributed by atoms with Crippen LogP contribution in [-0.2, 0) is 16.6 Å². The molecule has 0 spiro atoms. The Bertz CT molecular complexity index is 737. The van der Waals surface area contributed by atoms with Crippen LogP contribution in [-0.4, -0.2) is 15.0 Å². The van der Waals surface area contributed by atoms with Crippen molar-refractivity contribution in [1.82, 2.24) is 4.72 Å². The van der Waals surface area contributed by atoms with Crippen molar-refractivity contribution in [3.05, 3.63) is 59.7 Å². The van der Waals surface area contributed by atoms with E-state index in [4.69, 9.17) is 4.74 Å². The van der Waals surface area contributed by atoms with E-state index in [0.29, 0.717) is 18.3 Å². The molecule has 0 aliphatic carbocycles. The second kappa shape index (κ2) is 7.62. The van der Waals surface area contributed by atoms with E-state index < -0.39 is 10.0 Å². The van der Waals surface area contributed by atoms with Gasteiger partial charge in [0, 0.05) is 12.1 Å². The summed E-state index contributed by atoms with van der Waals surface area (Å²) in [4.78, 5) is 0.274. The summed E-state index contributed by atoms with van der Waals surface area (Å²) < 4.78 is 33.0. The quantitative estimate of drug-likeness (QED) is 0.841. The molecule has 0 fully saturated rings. The zero-order valence-corrected chi connectivity index (χ0v) is 14.6. The second-order valence-corrected chi connectivity index (χ2v) is 7.36. The van der Waals surface area contributed by atoms with E-state index in [0.717, 1.165) is 11.1 Å². The molecule has 0 saturated carbocycles. The standard InChI is InChI=1S/C18H23NO3S/c1-4-22-18-8-6-5-7-16(18)13-19-23(20,21)17-11-9-15(10-12-17)14(2)3/h5-12,14,19H,4,13H2,1-3H3. The van der Waals surface area contributed by atoms with Gasteiger partial charge >= 0.3 is 0 Å². The topological polar surface area (TPSA) is 55.4 Å². The third-order valence-corrected chi connectivity index (χ3v) is 5.00. The molecule has 0 aromatic heterocycles. The number of sulfonamides is 1. The smallest absolute Gasteiger partial charge is 0.240 e. The molecule has 0 aliphatic heterocycles. The summed E-state index contributed by atoms with van der Waals surface area (Å²) in [6, 6.07) is 14.4. The first-order valence-electron chi connectivity index (χ1n) is 7.74. The lowest BCUT2D eigenvalue weighted by atomic mass is 10.0. The van der Waals surface area contributed by atoms with Gasteiger partial charge in [-0.15, -0.1) is 0 Å². The highest BCUT2D eigenvalue weighted by Gasteiger charge is 2.15. The number of hydrogen-bond acceptors (Lipinski definition) is 3. The lowest BCUT2D eigenvalue weighted by molar-refractivity contribution is 0.336. The molecule has 1 N–H and O–H groups in total. The van der Waals surface area contributed by atoms with Gasteiger partial charge in [0.05, 0.1) is 11.5 Å². The zero-order chi connectivity index (χ0) is 16.9. The summed E-state index contributed by atoms with van der Waals surface area (Å²) in [6.07, 6.45) is 0. The van der Waals surface area contributed by atoms with Gasteiger partial charge in [-0.25, -0.2) is 13.1 Å². The normalized spacial score (nSPS) is 11.7. The third kappa shape index (κ3) is 4.56. The average molecular weight is 333 g/mol. The Hall–Kier alpha value is -1.85. The van der Waals surface area contributed by atoms with E-state index in [1.54, 1.807) is 12.1 Å². The van der Waals surface area contributed by atoms with Crippen molar-refractivity contribution in [2.24, 2.45) is 0 Å². The van der Waals surface area contributed by atoms with E-state index >= 15 is 0 Å². The zero-order valence-electron chi connectivity index (χ0n) is 13.7. The van der Waals surface area contributed by atoms with E-state index in [2.05, 4.69) is 18.6 Å². The first-order chi connectivity index (χ1) is 10.9. The molecule has 0 radical (unpaired) electrons. The maximum atomic E-state index is 12.4. The maximum Gasteiger partial charge on any atom is 0.240 e. The summed E-state index contributed by atoms with van der Waals surface area (Å²) in [7, 11) is -3.54. The number of nitrogens with one attached hydrogen (secondary N) is 1. The lowest BCUT2D eigenvalue weighted by Gasteiger charge is -2.12. The number of para-hydroxylation sites is 1. The van der Waals surface area contributed by atoms with Gasteiger partial charge in [-0.3, -0.25) is 0 Å². The first-order valence-corrected chi connectivity index (χ1v) is 9.22. The van der Waals surface area contributed by atoms with Gasteiger partial charge in [-0.05, 0) is 36.6 Å². The molecule has 0 aliphatic rings. The predicted octanol–water partition coefficient (Wildman–Crippen LogP) is 3.69. The van der Waals surface area contributed by atoms with Gasteiger partial charge in [0.25, 0.3) is 0 Å². The van der Waals surface area contributed by atoms with Gasteiger partial charge in [0.15, 0.2) is 0 Å². The predicted molar refractivity (Wildman–Crippen MR) is 92.2 cm³/mol. The molecule has 0 bridgehead atoms. The summed E-state index contributed by atoms with van der Waals surface area (Å²) in [5.74, 6) is 1.07. The van der Waals surface area contributed by atoms with Crippen LogP contribution in [0.4, 0.5) is 0 Å². The molecule has 2 aromatic carbocycles. The Morgan fingerprint density at radius 3 is 2.30 bits per heavy atom. The Morgan fingerprint density at radius 2 is 1.70 bits per heavy atom. The summed E-state index contributed by atoms with van der Waals surface area (Å²) >= 11 is 0. The summed E-state index contributed by atoms with van der Waals surface area (Å²) in [6.45, 7) is 6.79. The van der Waals surface area contributed by atoms with Gasteiger partial charge in [-0.2, -0.15) is 0 Å². The third-order valence-electron chi connectivity index (χ3n) is 3.58. The van der Waals surface area contributed by atoms with Gasteiger partial charge in [0.2, 0.25) is 10.0 Å². The largest absolute Gasteiger partial charge is 0.494 e. The van der Waals surface area contributed by atoms with Crippen molar-refractivity contribution < 1.29 is 13.2 Å². The fourth-order valence-corrected chi connectivity index (χ4v) is 3.24. The van der Waals surface area contributed by atoms with E-state index in [9.17, 15) is 8.42 Å². The molecule has 0 amide bonds. The first kappa shape index (κ1) is 17.5. The molecule has 23 heavy (non-hydrogen) atoms. The Labute approximate surface area is 138 Å². The molecule has 2 rings (SSSR count). The average Bonchev–Trinajstić information content (AvgIpc) is 2.54. The maximum absolute atomic E-state index is 12.4. The van der Waals surface area contributed by atoms with Gasteiger partial charge in [0.1, 0.15) is 5.75 Å². The van der Waals surface area contributed by atoms with Crippen LogP contribution in [0.25, 0.3) is 0 Å². The van der Waals surface area contributed by atoms with E-state index in [1.807, 2.05) is 43.3 Å². The van der Waals surface area contributed by atoms with Crippen LogP contribution >= 0.6 is 0 Å². The number of rotatable bonds is 7. The van der Waals surface area contributed by atoms with Crippen LogP contribution in [0, 0.1) is 0 Å². The van der Waals surface area contributed by atoms with Crippen molar-refractivity contribution in [3.63, 3.8) is 0 Å². The molecule has 0 atom stereocenters. The minimum absolute atomic E-state index is 0.199. The van der Waals surface area contributed by atoms with Crippen LogP contribution in [0.3, 0.4) is 0 Å². The molecular formula is C18H23NO3S. The van der Waals surface area contributed by atoms with Crippen molar-refractivity contribution in [2.75, 3.05) is 6.61 Å². The van der Waals surface area contributed by atoms with Crippen molar-refractivity contribution in [2.45, 2.75) is 38.1 Å². The lowest BCUT2D eigenvalue weighted by Crippen LogP contribution is -2.23. The Morgan fingerprint density at radius 1 is 1.04 bits per heavy atom. The fraction of sp³-hybridized carbons (Fsp3) is 0.333. The summed E-state index contributed by atoms with van der Waals surface area (Å²) in [5.41, 5.74) is 1.93. The Kier molecular flexibility index (Phi) is 5.80. The highest BCUT2D eigenvalue weighted by atomic mass is 32.2. The SMILES string of the molecule is CCOc1ccccc1CNS(=O)(=O)c1ccc(C(C)C)cc1. The second-order valence-electron chi connectivity index (χ2n) is 5.59. The van der Waals surface area contributed by atoms with Crippen molar-refractivity contribution >= 4 is 10.0 Å². The minimum Gasteiger partial charge on any atom is -0.494 e. The summed E-state index contributed by atoms with van der Waals surface area (Å²) in [5, 5.41) is 0. The molecular weight excluding hydrogens is 310 g/mol. The van der Waals surface area contributed by atoms with Crippen LogP contribution in [0.15, 0.2) is 53.4 Å².